The molecule has 2 aromatic carbocycles. The smallest absolute Gasteiger partial charge is 0.125 e. The van der Waals surface area contributed by atoms with E-state index in [0.717, 1.165) is 26.9 Å². The molecule has 0 spiro atoms. The Balaban J connectivity index is 2.20. The Morgan fingerprint density at radius 3 is 2.65 bits per heavy atom. The van der Waals surface area contributed by atoms with E-state index in [1.54, 1.807) is 6.07 Å². The lowest BCUT2D eigenvalue weighted by Gasteiger charge is -2.15. The lowest BCUT2D eigenvalue weighted by molar-refractivity contribution is 0.300. The van der Waals surface area contributed by atoms with Crippen LogP contribution in [0.25, 0.3) is 0 Å². The molecule has 0 aliphatic heterocycles. The molecule has 0 heterocycles. The summed E-state index contributed by atoms with van der Waals surface area (Å²) in [6, 6.07) is 10.4. The summed E-state index contributed by atoms with van der Waals surface area (Å²) >= 11 is 3.43. The predicted molar refractivity (Wildman–Crippen MR) is 82.2 cm³/mol. The average molecular weight is 338 g/mol. The van der Waals surface area contributed by atoms with Crippen molar-refractivity contribution in [3.8, 4) is 5.75 Å². The first-order chi connectivity index (χ1) is 9.47. The summed E-state index contributed by atoms with van der Waals surface area (Å²) in [5.41, 5.74) is 8.73. The van der Waals surface area contributed by atoms with E-state index >= 15 is 0 Å². The summed E-state index contributed by atoms with van der Waals surface area (Å²) in [5.74, 6) is 0.517. The zero-order valence-corrected chi connectivity index (χ0v) is 13.1. The van der Waals surface area contributed by atoms with Crippen molar-refractivity contribution < 1.29 is 9.13 Å². The number of ether oxygens (including phenoxy) is 1. The molecule has 0 amide bonds. The molecular formula is C16H17BrFNO. The fourth-order valence-corrected chi connectivity index (χ4v) is 2.33. The predicted octanol–water partition coefficient (Wildman–Crippen LogP) is 4.50. The van der Waals surface area contributed by atoms with Crippen LogP contribution in [-0.4, -0.2) is 0 Å². The van der Waals surface area contributed by atoms with Crippen molar-refractivity contribution in [2.75, 3.05) is 0 Å². The maximum absolute atomic E-state index is 13.1. The first-order valence-electron chi connectivity index (χ1n) is 6.40. The minimum atomic E-state index is -0.232. The van der Waals surface area contributed by atoms with Gasteiger partial charge in [0, 0.05) is 16.1 Å². The molecule has 4 heteroatoms. The molecule has 0 saturated heterocycles. The van der Waals surface area contributed by atoms with Crippen molar-refractivity contribution in [1.29, 1.82) is 0 Å². The molecule has 1 atom stereocenters. The van der Waals surface area contributed by atoms with Gasteiger partial charge in [-0.05, 0) is 49.2 Å². The molecule has 2 nitrogen and oxygen atoms in total. The highest BCUT2D eigenvalue weighted by Gasteiger charge is 2.10. The normalized spacial score (nSPS) is 12.2. The minimum Gasteiger partial charge on any atom is -0.489 e. The maximum Gasteiger partial charge on any atom is 0.125 e. The summed E-state index contributed by atoms with van der Waals surface area (Å²) in [6.45, 7) is 4.18. The topological polar surface area (TPSA) is 35.2 Å². The number of benzene rings is 2. The molecule has 0 bridgehead atoms. The summed E-state index contributed by atoms with van der Waals surface area (Å²) in [6.07, 6.45) is 0. The number of nitrogens with two attached hydrogens (primary N) is 1. The highest BCUT2D eigenvalue weighted by molar-refractivity contribution is 9.10. The second-order valence-electron chi connectivity index (χ2n) is 4.83. The molecular weight excluding hydrogens is 321 g/mol. The standard InChI is InChI=1S/C16H17BrFNO/c1-10-7-14(18)5-3-12(10)9-20-16-8-13(17)4-6-15(16)11(2)19/h3-8,11H,9,19H2,1-2H3. The Kier molecular flexibility index (Phi) is 4.78. The molecule has 0 saturated carbocycles. The van der Waals surface area contributed by atoms with Gasteiger partial charge in [-0.15, -0.1) is 0 Å². The number of hydrogen-bond donors (Lipinski definition) is 1. The lowest BCUT2D eigenvalue weighted by Crippen LogP contribution is -2.08. The Hall–Kier alpha value is -1.39. The number of aryl methyl sites for hydroxylation is 1. The second-order valence-corrected chi connectivity index (χ2v) is 5.75. The molecule has 0 aliphatic rings. The minimum absolute atomic E-state index is 0.104. The molecule has 0 aliphatic carbocycles. The molecule has 20 heavy (non-hydrogen) atoms. The Bertz CT molecular complexity index is 613. The average Bonchev–Trinajstić information content (AvgIpc) is 2.37. The van der Waals surface area contributed by atoms with Crippen LogP contribution in [-0.2, 0) is 6.61 Å². The Morgan fingerprint density at radius 2 is 2.00 bits per heavy atom. The van der Waals surface area contributed by atoms with Gasteiger partial charge in [-0.1, -0.05) is 28.1 Å². The summed E-state index contributed by atoms with van der Waals surface area (Å²) in [4.78, 5) is 0. The third-order valence-corrected chi connectivity index (χ3v) is 3.65. The summed E-state index contributed by atoms with van der Waals surface area (Å²) in [7, 11) is 0. The van der Waals surface area contributed by atoms with Crippen molar-refractivity contribution in [1.82, 2.24) is 0 Å². The molecule has 0 aromatic heterocycles. The van der Waals surface area contributed by atoms with Gasteiger partial charge in [-0.25, -0.2) is 4.39 Å². The van der Waals surface area contributed by atoms with Crippen molar-refractivity contribution in [2.45, 2.75) is 26.5 Å². The van der Waals surface area contributed by atoms with Gasteiger partial charge in [0.1, 0.15) is 18.2 Å². The molecule has 0 fully saturated rings. The van der Waals surface area contributed by atoms with Crippen molar-refractivity contribution in [2.24, 2.45) is 5.73 Å². The largest absolute Gasteiger partial charge is 0.489 e. The SMILES string of the molecule is Cc1cc(F)ccc1COc1cc(Br)ccc1C(C)N. The lowest BCUT2D eigenvalue weighted by atomic mass is 10.1. The van der Waals surface area contributed by atoms with Gasteiger partial charge in [-0.3, -0.25) is 0 Å². The van der Waals surface area contributed by atoms with Gasteiger partial charge in [0.2, 0.25) is 0 Å². The van der Waals surface area contributed by atoms with Crippen molar-refractivity contribution in [3.05, 3.63) is 63.4 Å². The van der Waals surface area contributed by atoms with Gasteiger partial charge < -0.3 is 10.5 Å². The Labute approximate surface area is 126 Å². The monoisotopic (exact) mass is 337 g/mol. The van der Waals surface area contributed by atoms with E-state index in [9.17, 15) is 4.39 Å². The van der Waals surface area contributed by atoms with Gasteiger partial charge in [0.15, 0.2) is 0 Å². The molecule has 2 aromatic rings. The highest BCUT2D eigenvalue weighted by Crippen LogP contribution is 2.28. The van der Waals surface area contributed by atoms with Gasteiger partial charge in [0.25, 0.3) is 0 Å². The number of halogens is 2. The number of hydrogen-bond acceptors (Lipinski definition) is 2. The fraction of sp³-hybridized carbons (Fsp3) is 0.250. The molecule has 1 unspecified atom stereocenters. The van der Waals surface area contributed by atoms with E-state index in [2.05, 4.69) is 15.9 Å². The van der Waals surface area contributed by atoms with Crippen LogP contribution in [0.1, 0.15) is 29.7 Å². The molecule has 0 radical (unpaired) electrons. The highest BCUT2D eigenvalue weighted by atomic mass is 79.9. The second kappa shape index (κ2) is 6.37. The van der Waals surface area contributed by atoms with Crippen LogP contribution in [0.15, 0.2) is 40.9 Å². The number of rotatable bonds is 4. The van der Waals surface area contributed by atoms with Crippen LogP contribution in [0.2, 0.25) is 0 Å². The third-order valence-electron chi connectivity index (χ3n) is 3.15. The van der Waals surface area contributed by atoms with Gasteiger partial charge in [-0.2, -0.15) is 0 Å². The van der Waals surface area contributed by atoms with Crippen LogP contribution >= 0.6 is 15.9 Å². The van der Waals surface area contributed by atoms with Crippen LogP contribution in [0.3, 0.4) is 0 Å². The molecule has 106 valence electrons. The summed E-state index contributed by atoms with van der Waals surface area (Å²) < 4.78 is 19.9. The van der Waals surface area contributed by atoms with Gasteiger partial charge >= 0.3 is 0 Å². The zero-order valence-electron chi connectivity index (χ0n) is 11.5. The Morgan fingerprint density at radius 1 is 1.25 bits per heavy atom. The fourth-order valence-electron chi connectivity index (χ4n) is 1.99. The first kappa shape index (κ1) is 15.0. The van der Waals surface area contributed by atoms with Gasteiger partial charge in [0.05, 0.1) is 0 Å². The van der Waals surface area contributed by atoms with E-state index < -0.39 is 0 Å². The van der Waals surface area contributed by atoms with Crippen LogP contribution in [0.5, 0.6) is 5.75 Å². The van der Waals surface area contributed by atoms with E-state index in [0.29, 0.717) is 6.61 Å². The van der Waals surface area contributed by atoms with E-state index in [-0.39, 0.29) is 11.9 Å². The molecule has 2 rings (SSSR count). The van der Waals surface area contributed by atoms with E-state index in [1.165, 1.54) is 12.1 Å². The summed E-state index contributed by atoms with van der Waals surface area (Å²) in [5, 5.41) is 0. The van der Waals surface area contributed by atoms with E-state index in [4.69, 9.17) is 10.5 Å². The van der Waals surface area contributed by atoms with Crippen LogP contribution in [0, 0.1) is 12.7 Å². The van der Waals surface area contributed by atoms with Crippen LogP contribution < -0.4 is 10.5 Å². The third kappa shape index (κ3) is 3.58. The van der Waals surface area contributed by atoms with Crippen LogP contribution in [0.4, 0.5) is 4.39 Å². The van der Waals surface area contributed by atoms with Crippen molar-refractivity contribution in [3.63, 3.8) is 0 Å². The quantitative estimate of drug-likeness (QED) is 0.891. The molecule has 2 N–H and O–H groups in total. The zero-order chi connectivity index (χ0) is 14.7. The first-order valence-corrected chi connectivity index (χ1v) is 7.19. The van der Waals surface area contributed by atoms with Crippen molar-refractivity contribution >= 4 is 15.9 Å². The maximum atomic E-state index is 13.1. The van der Waals surface area contributed by atoms with E-state index in [1.807, 2.05) is 32.0 Å².